The highest BCUT2D eigenvalue weighted by Crippen LogP contribution is 2.20. The Hall–Kier alpha value is -3.68. The lowest BCUT2D eigenvalue weighted by molar-refractivity contribution is 0.0737. The lowest BCUT2D eigenvalue weighted by Crippen LogP contribution is -2.49. The van der Waals surface area contributed by atoms with Crippen LogP contribution >= 0.6 is 0 Å². The first-order valence-corrected chi connectivity index (χ1v) is 10.2. The molecule has 7 nitrogen and oxygen atoms in total. The summed E-state index contributed by atoms with van der Waals surface area (Å²) in [5, 5.41) is 0.430. The van der Waals surface area contributed by atoms with Crippen molar-refractivity contribution in [1.29, 1.82) is 0 Å². The van der Waals surface area contributed by atoms with Gasteiger partial charge in [0.05, 0.1) is 5.39 Å². The number of carbonyl (C=O) groups excluding carboxylic acids is 1. The van der Waals surface area contributed by atoms with Crippen molar-refractivity contribution in [3.8, 4) is 0 Å². The van der Waals surface area contributed by atoms with E-state index in [9.17, 15) is 14.0 Å². The van der Waals surface area contributed by atoms with Crippen LogP contribution < -0.4 is 10.5 Å². The van der Waals surface area contributed by atoms with E-state index in [-0.39, 0.29) is 17.3 Å². The highest BCUT2D eigenvalue weighted by molar-refractivity contribution is 5.98. The van der Waals surface area contributed by atoms with Gasteiger partial charge in [0.2, 0.25) is 0 Å². The van der Waals surface area contributed by atoms with Crippen LogP contribution in [0.5, 0.6) is 0 Å². The van der Waals surface area contributed by atoms with Crippen molar-refractivity contribution >= 4 is 28.3 Å². The van der Waals surface area contributed by atoms with Gasteiger partial charge in [0.25, 0.3) is 11.5 Å². The molecule has 1 saturated heterocycles. The molecular weight excluding hydrogens is 397 g/mol. The highest BCUT2D eigenvalue weighted by Gasteiger charge is 2.26. The number of halogens is 1. The fourth-order valence-electron chi connectivity index (χ4n) is 4.16. The molecule has 0 N–H and O–H groups in total. The van der Waals surface area contributed by atoms with Crippen LogP contribution in [0.2, 0.25) is 0 Å². The number of nitrogens with zero attached hydrogens (tertiary/aromatic N) is 5. The van der Waals surface area contributed by atoms with E-state index in [0.717, 1.165) is 11.3 Å². The van der Waals surface area contributed by atoms with E-state index in [1.807, 2.05) is 13.0 Å². The summed E-state index contributed by atoms with van der Waals surface area (Å²) in [6.07, 6.45) is 1.76. The van der Waals surface area contributed by atoms with Gasteiger partial charge in [-0.05, 0) is 48.9 Å². The predicted molar refractivity (Wildman–Crippen MR) is 117 cm³/mol. The Kier molecular flexibility index (Phi) is 4.50. The Balaban J connectivity index is 1.43. The van der Waals surface area contributed by atoms with Gasteiger partial charge in [-0.1, -0.05) is 6.07 Å². The average molecular weight is 419 g/mol. The van der Waals surface area contributed by atoms with E-state index in [4.69, 9.17) is 0 Å². The maximum atomic E-state index is 13.2. The molecule has 8 heteroatoms. The zero-order chi connectivity index (χ0) is 21.7. The molecule has 0 radical (unpaired) electrons. The van der Waals surface area contributed by atoms with Gasteiger partial charge in [-0.2, -0.15) is 0 Å². The van der Waals surface area contributed by atoms with Crippen molar-refractivity contribution in [2.75, 3.05) is 31.1 Å². The number of hydrogen-bond acceptors (Lipinski definition) is 4. The summed E-state index contributed by atoms with van der Waals surface area (Å²) in [6, 6.07) is 11.7. The molecule has 3 aromatic heterocycles. The highest BCUT2D eigenvalue weighted by atomic mass is 19.1. The minimum absolute atomic E-state index is 0.121. The number of anilines is 1. The molecule has 0 unspecified atom stereocenters. The van der Waals surface area contributed by atoms with Gasteiger partial charge in [-0.15, -0.1) is 0 Å². The molecule has 1 fully saturated rings. The summed E-state index contributed by atoms with van der Waals surface area (Å²) in [4.78, 5) is 34.7. The summed E-state index contributed by atoms with van der Waals surface area (Å²) >= 11 is 0. The zero-order valence-electron chi connectivity index (χ0n) is 17.4. The molecule has 0 bridgehead atoms. The Morgan fingerprint density at radius 2 is 1.74 bits per heavy atom. The first kappa shape index (κ1) is 19.3. The third-order valence-electron chi connectivity index (χ3n) is 5.92. The van der Waals surface area contributed by atoms with Crippen LogP contribution in [-0.4, -0.2) is 50.9 Å². The Labute approximate surface area is 177 Å². The molecule has 4 heterocycles. The molecule has 1 aliphatic rings. The van der Waals surface area contributed by atoms with Gasteiger partial charge in [0.15, 0.2) is 0 Å². The van der Waals surface area contributed by atoms with E-state index in [0.29, 0.717) is 48.6 Å². The Morgan fingerprint density at radius 1 is 1.03 bits per heavy atom. The lowest BCUT2D eigenvalue weighted by atomic mass is 10.2. The molecule has 1 aliphatic heterocycles. The maximum Gasteiger partial charge on any atom is 0.270 e. The molecule has 4 aromatic rings. The van der Waals surface area contributed by atoms with Crippen LogP contribution in [-0.2, 0) is 7.05 Å². The van der Waals surface area contributed by atoms with E-state index in [2.05, 4.69) is 9.88 Å². The van der Waals surface area contributed by atoms with Crippen LogP contribution in [0.4, 0.5) is 10.1 Å². The second-order valence-corrected chi connectivity index (χ2v) is 7.93. The van der Waals surface area contributed by atoms with Gasteiger partial charge < -0.3 is 14.4 Å². The van der Waals surface area contributed by atoms with Crippen LogP contribution in [0.1, 0.15) is 16.1 Å². The minimum Gasteiger partial charge on any atom is -0.368 e. The number of aryl methyl sites for hydroxylation is 2. The van der Waals surface area contributed by atoms with Gasteiger partial charge in [0, 0.05) is 45.1 Å². The van der Waals surface area contributed by atoms with Crippen molar-refractivity contribution in [2.24, 2.45) is 7.05 Å². The third-order valence-corrected chi connectivity index (χ3v) is 5.92. The summed E-state index contributed by atoms with van der Waals surface area (Å²) in [5.41, 5.74) is 3.22. The van der Waals surface area contributed by atoms with Crippen LogP contribution in [0.25, 0.3) is 16.7 Å². The number of piperazine rings is 1. The first-order chi connectivity index (χ1) is 14.9. The quantitative estimate of drug-likeness (QED) is 0.501. The SMILES string of the molecule is Cc1ccc2nc3c(cc(C(=O)N4CCN(c5ccc(F)cc5)CC4)n3C)c(=O)n2c1. The summed E-state index contributed by atoms with van der Waals surface area (Å²) < 4.78 is 16.4. The Morgan fingerprint density at radius 3 is 2.45 bits per heavy atom. The number of pyridine rings is 1. The zero-order valence-corrected chi connectivity index (χ0v) is 17.4. The van der Waals surface area contributed by atoms with Crippen molar-refractivity contribution < 1.29 is 9.18 Å². The number of aromatic nitrogens is 3. The molecule has 31 heavy (non-hydrogen) atoms. The second-order valence-electron chi connectivity index (χ2n) is 7.93. The maximum absolute atomic E-state index is 13.2. The van der Waals surface area contributed by atoms with E-state index >= 15 is 0 Å². The summed E-state index contributed by atoms with van der Waals surface area (Å²) in [5.74, 6) is -0.385. The topological polar surface area (TPSA) is 62.9 Å². The van der Waals surface area contributed by atoms with Crippen LogP contribution in [0.3, 0.4) is 0 Å². The number of hydrogen-bond donors (Lipinski definition) is 0. The smallest absolute Gasteiger partial charge is 0.270 e. The average Bonchev–Trinajstić information content (AvgIpc) is 3.11. The third kappa shape index (κ3) is 3.24. The number of fused-ring (bicyclic) bond motifs is 2. The van der Waals surface area contributed by atoms with Crippen molar-refractivity contribution in [3.63, 3.8) is 0 Å². The van der Waals surface area contributed by atoms with Crippen LogP contribution in [0.15, 0.2) is 53.5 Å². The standard InChI is InChI=1S/C23H22FN5O2/c1-15-3-8-20-25-21-18(22(30)29(20)14-15)13-19(26(21)2)23(31)28-11-9-27(10-12-28)17-6-4-16(24)5-7-17/h3-8,13-14H,9-12H2,1-2H3. The molecule has 1 amide bonds. The van der Waals surface area contributed by atoms with Crippen molar-refractivity contribution in [3.05, 3.63) is 76.1 Å². The predicted octanol–water partition coefficient (Wildman–Crippen LogP) is 2.60. The number of rotatable bonds is 2. The molecule has 0 aliphatic carbocycles. The fraction of sp³-hybridized carbons (Fsp3) is 0.261. The van der Waals surface area contributed by atoms with Gasteiger partial charge >= 0.3 is 0 Å². The first-order valence-electron chi connectivity index (χ1n) is 10.2. The van der Waals surface area contributed by atoms with E-state index in [1.54, 1.807) is 47.0 Å². The van der Waals surface area contributed by atoms with Crippen LogP contribution in [0, 0.1) is 12.7 Å². The molecule has 0 atom stereocenters. The second kappa shape index (κ2) is 7.23. The molecule has 158 valence electrons. The Bertz CT molecular complexity index is 1370. The van der Waals surface area contributed by atoms with Crippen molar-refractivity contribution in [2.45, 2.75) is 6.92 Å². The summed E-state index contributed by atoms with van der Waals surface area (Å²) in [6.45, 7) is 4.33. The number of benzene rings is 1. The van der Waals surface area contributed by atoms with Gasteiger partial charge in [-0.3, -0.25) is 14.0 Å². The lowest BCUT2D eigenvalue weighted by Gasteiger charge is -2.36. The molecule has 5 rings (SSSR count). The normalized spacial score (nSPS) is 14.5. The van der Waals surface area contributed by atoms with E-state index in [1.165, 1.54) is 16.5 Å². The minimum atomic E-state index is -0.263. The number of amides is 1. The monoisotopic (exact) mass is 419 g/mol. The molecule has 0 saturated carbocycles. The summed E-state index contributed by atoms with van der Waals surface area (Å²) in [7, 11) is 1.77. The van der Waals surface area contributed by atoms with Crippen molar-refractivity contribution in [1.82, 2.24) is 18.9 Å². The molecule has 0 spiro atoms. The number of carbonyl (C=O) groups is 1. The van der Waals surface area contributed by atoms with E-state index < -0.39 is 0 Å². The largest absolute Gasteiger partial charge is 0.368 e. The van der Waals surface area contributed by atoms with Gasteiger partial charge in [-0.25, -0.2) is 9.37 Å². The molecule has 1 aromatic carbocycles. The fourth-order valence-corrected chi connectivity index (χ4v) is 4.16. The van der Waals surface area contributed by atoms with Gasteiger partial charge in [0.1, 0.15) is 22.8 Å². The molecular formula is C23H22FN5O2.